The molecular formula is C11H22O3. The normalized spacial score (nSPS) is 31.7. The van der Waals surface area contributed by atoms with Crippen molar-refractivity contribution in [3.63, 3.8) is 0 Å². The average molecular weight is 202 g/mol. The van der Waals surface area contributed by atoms with Gasteiger partial charge >= 0.3 is 0 Å². The van der Waals surface area contributed by atoms with Crippen LogP contribution in [0.4, 0.5) is 0 Å². The summed E-state index contributed by atoms with van der Waals surface area (Å²) in [4.78, 5) is 0. The van der Waals surface area contributed by atoms with Gasteiger partial charge in [-0.3, -0.25) is 0 Å². The van der Waals surface area contributed by atoms with E-state index in [4.69, 9.17) is 14.2 Å². The summed E-state index contributed by atoms with van der Waals surface area (Å²) in [6, 6.07) is 0. The van der Waals surface area contributed by atoms with Gasteiger partial charge in [0.15, 0.2) is 0 Å². The van der Waals surface area contributed by atoms with Crippen LogP contribution in [0.5, 0.6) is 0 Å². The Bertz CT molecular complexity index is 152. The quantitative estimate of drug-likeness (QED) is 0.656. The topological polar surface area (TPSA) is 27.7 Å². The molecule has 1 aliphatic rings. The maximum atomic E-state index is 5.78. The minimum atomic E-state index is -0.777. The van der Waals surface area contributed by atoms with E-state index < -0.39 is 5.97 Å². The maximum absolute atomic E-state index is 5.78. The van der Waals surface area contributed by atoms with Crippen LogP contribution in [0.25, 0.3) is 0 Å². The van der Waals surface area contributed by atoms with E-state index in [-0.39, 0.29) is 6.10 Å². The Morgan fingerprint density at radius 3 is 2.21 bits per heavy atom. The van der Waals surface area contributed by atoms with E-state index in [9.17, 15) is 0 Å². The third kappa shape index (κ3) is 2.94. The fourth-order valence-corrected chi connectivity index (χ4v) is 2.15. The molecule has 1 heterocycles. The molecule has 0 radical (unpaired) electrons. The van der Waals surface area contributed by atoms with Gasteiger partial charge in [-0.15, -0.1) is 0 Å². The molecule has 84 valence electrons. The molecule has 1 fully saturated rings. The molecule has 0 aromatic rings. The molecule has 0 N–H and O–H groups in total. The summed E-state index contributed by atoms with van der Waals surface area (Å²) in [6.07, 6.45) is 2.14. The van der Waals surface area contributed by atoms with Gasteiger partial charge in [0.05, 0.1) is 6.10 Å². The first-order valence-electron chi connectivity index (χ1n) is 5.57. The molecule has 0 aromatic heterocycles. The van der Waals surface area contributed by atoms with Gasteiger partial charge in [0, 0.05) is 19.6 Å². The van der Waals surface area contributed by atoms with Crippen LogP contribution < -0.4 is 0 Å². The van der Waals surface area contributed by atoms with Crippen LogP contribution in [-0.4, -0.2) is 25.3 Å². The van der Waals surface area contributed by atoms with Gasteiger partial charge in [-0.1, -0.05) is 6.92 Å². The average Bonchev–Trinajstić information content (AvgIpc) is 2.02. The van der Waals surface area contributed by atoms with Crippen LogP contribution in [0.2, 0.25) is 0 Å². The van der Waals surface area contributed by atoms with E-state index in [0.717, 1.165) is 12.8 Å². The lowest BCUT2D eigenvalue weighted by molar-refractivity contribution is -0.409. The van der Waals surface area contributed by atoms with Crippen LogP contribution in [-0.2, 0) is 14.2 Å². The van der Waals surface area contributed by atoms with Crippen LogP contribution in [0.3, 0.4) is 0 Å². The van der Waals surface area contributed by atoms with E-state index in [0.29, 0.717) is 19.1 Å². The molecule has 1 saturated heterocycles. The van der Waals surface area contributed by atoms with Gasteiger partial charge in [0.2, 0.25) is 0 Å². The molecule has 14 heavy (non-hydrogen) atoms. The molecule has 0 amide bonds. The Morgan fingerprint density at radius 2 is 1.79 bits per heavy atom. The van der Waals surface area contributed by atoms with Crippen molar-refractivity contribution in [1.82, 2.24) is 0 Å². The Hall–Kier alpha value is -0.120. The van der Waals surface area contributed by atoms with Gasteiger partial charge < -0.3 is 14.2 Å². The van der Waals surface area contributed by atoms with Crippen LogP contribution in [0.1, 0.15) is 40.5 Å². The number of hydrogen-bond acceptors (Lipinski definition) is 3. The first-order valence-corrected chi connectivity index (χ1v) is 5.57. The van der Waals surface area contributed by atoms with E-state index in [2.05, 4.69) is 13.8 Å². The van der Waals surface area contributed by atoms with Gasteiger partial charge in [-0.05, 0) is 33.1 Å². The zero-order chi connectivity index (χ0) is 10.6. The number of rotatable bonds is 4. The monoisotopic (exact) mass is 202 g/mol. The Labute approximate surface area is 86.7 Å². The lowest BCUT2D eigenvalue weighted by Gasteiger charge is -2.41. The molecule has 0 unspecified atom stereocenters. The van der Waals surface area contributed by atoms with E-state index >= 15 is 0 Å². The van der Waals surface area contributed by atoms with Gasteiger partial charge in [0.25, 0.3) is 5.97 Å². The standard InChI is InChI=1S/C11H22O3/c1-5-12-11(13-6-2)8-9(3)7-10(4)14-11/h9-10H,5-8H2,1-4H3/t9-,10+/m1/s1. The summed E-state index contributed by atoms with van der Waals surface area (Å²) < 4.78 is 17.0. The molecule has 0 bridgehead atoms. The van der Waals surface area contributed by atoms with Crippen LogP contribution >= 0.6 is 0 Å². The Balaban J connectivity index is 2.63. The molecule has 1 rings (SSSR count). The van der Waals surface area contributed by atoms with Crippen molar-refractivity contribution in [2.24, 2.45) is 5.92 Å². The minimum Gasteiger partial charge on any atom is -0.328 e. The summed E-state index contributed by atoms with van der Waals surface area (Å²) in [5, 5.41) is 0. The van der Waals surface area contributed by atoms with Crippen LogP contribution in [0, 0.1) is 5.92 Å². The summed E-state index contributed by atoms with van der Waals surface area (Å²) >= 11 is 0. The molecule has 0 spiro atoms. The zero-order valence-electron chi connectivity index (χ0n) is 9.71. The van der Waals surface area contributed by atoms with E-state index in [1.54, 1.807) is 0 Å². The molecule has 1 aliphatic heterocycles. The lowest BCUT2D eigenvalue weighted by Crippen LogP contribution is -2.47. The first-order chi connectivity index (χ1) is 6.62. The minimum absolute atomic E-state index is 0.219. The predicted octanol–water partition coefficient (Wildman–Crippen LogP) is 2.55. The second kappa shape index (κ2) is 5.10. The molecule has 0 aliphatic carbocycles. The largest absolute Gasteiger partial charge is 0.328 e. The fraction of sp³-hybridized carbons (Fsp3) is 1.00. The predicted molar refractivity (Wildman–Crippen MR) is 54.9 cm³/mol. The summed E-state index contributed by atoms with van der Waals surface area (Å²) in [5.41, 5.74) is 0. The highest BCUT2D eigenvalue weighted by molar-refractivity contribution is 4.73. The van der Waals surface area contributed by atoms with Crippen molar-refractivity contribution in [3.8, 4) is 0 Å². The number of ether oxygens (including phenoxy) is 3. The van der Waals surface area contributed by atoms with Crippen molar-refractivity contribution in [2.45, 2.75) is 52.6 Å². The third-order valence-electron chi connectivity index (χ3n) is 2.44. The molecular weight excluding hydrogens is 180 g/mol. The highest BCUT2D eigenvalue weighted by Crippen LogP contribution is 2.34. The molecule has 2 atom stereocenters. The molecule has 0 aromatic carbocycles. The third-order valence-corrected chi connectivity index (χ3v) is 2.44. The molecule has 0 saturated carbocycles. The highest BCUT2D eigenvalue weighted by Gasteiger charge is 2.40. The Kier molecular flexibility index (Phi) is 4.35. The summed E-state index contributed by atoms with van der Waals surface area (Å²) in [6.45, 7) is 9.47. The van der Waals surface area contributed by atoms with Crippen molar-refractivity contribution in [2.75, 3.05) is 13.2 Å². The van der Waals surface area contributed by atoms with Crippen molar-refractivity contribution < 1.29 is 14.2 Å². The Morgan fingerprint density at radius 1 is 1.21 bits per heavy atom. The smallest absolute Gasteiger partial charge is 0.283 e. The summed E-state index contributed by atoms with van der Waals surface area (Å²) in [7, 11) is 0. The molecule has 3 heteroatoms. The van der Waals surface area contributed by atoms with Crippen molar-refractivity contribution in [1.29, 1.82) is 0 Å². The fourth-order valence-electron chi connectivity index (χ4n) is 2.15. The maximum Gasteiger partial charge on any atom is 0.283 e. The highest BCUT2D eigenvalue weighted by atomic mass is 16.9. The van der Waals surface area contributed by atoms with Gasteiger partial charge in [-0.25, -0.2) is 0 Å². The van der Waals surface area contributed by atoms with Gasteiger partial charge in [-0.2, -0.15) is 0 Å². The van der Waals surface area contributed by atoms with Gasteiger partial charge in [0.1, 0.15) is 0 Å². The van der Waals surface area contributed by atoms with Crippen LogP contribution in [0.15, 0.2) is 0 Å². The molecule has 3 nitrogen and oxygen atoms in total. The SMILES string of the molecule is CCOC1(OCC)C[C@H](C)C[C@H](C)O1. The first kappa shape index (κ1) is 12.0. The summed E-state index contributed by atoms with van der Waals surface area (Å²) in [5.74, 6) is -0.183. The van der Waals surface area contributed by atoms with Crippen molar-refractivity contribution in [3.05, 3.63) is 0 Å². The second-order valence-corrected chi connectivity index (χ2v) is 4.02. The number of hydrogen-bond donors (Lipinski definition) is 0. The second-order valence-electron chi connectivity index (χ2n) is 4.02. The lowest BCUT2D eigenvalue weighted by atomic mass is 9.96. The van der Waals surface area contributed by atoms with Crippen molar-refractivity contribution >= 4 is 0 Å². The zero-order valence-corrected chi connectivity index (χ0v) is 9.71. The van der Waals surface area contributed by atoms with E-state index in [1.165, 1.54) is 0 Å². The van der Waals surface area contributed by atoms with E-state index in [1.807, 2.05) is 13.8 Å².